The van der Waals surface area contributed by atoms with E-state index in [1.165, 1.54) is 12.1 Å². The number of halogens is 3. The monoisotopic (exact) mass is 400 g/mol. The fourth-order valence-electron chi connectivity index (χ4n) is 2.01. The highest BCUT2D eigenvalue weighted by molar-refractivity contribution is 9.10. The summed E-state index contributed by atoms with van der Waals surface area (Å²) in [5.41, 5.74) is 1.31. The predicted octanol–water partition coefficient (Wildman–Crippen LogP) is 4.76. The first-order chi connectivity index (χ1) is 9.49. The number of hydrogen-bond acceptors (Lipinski definition) is 1. The predicted molar refractivity (Wildman–Crippen MR) is 82.3 cm³/mol. The maximum atomic E-state index is 13.3. The summed E-state index contributed by atoms with van der Waals surface area (Å²) in [6, 6.07) is 11.4. The van der Waals surface area contributed by atoms with Gasteiger partial charge in [0.25, 0.3) is 0 Å². The van der Waals surface area contributed by atoms with Gasteiger partial charge in [-0.1, -0.05) is 50.1 Å². The van der Waals surface area contributed by atoms with Gasteiger partial charge in [-0.3, -0.25) is 4.79 Å². The zero-order valence-electron chi connectivity index (χ0n) is 10.3. The van der Waals surface area contributed by atoms with Gasteiger partial charge in [0.1, 0.15) is 5.82 Å². The molecule has 0 aliphatic rings. The molecule has 0 bridgehead atoms. The van der Waals surface area contributed by atoms with E-state index in [2.05, 4.69) is 31.9 Å². The standard InChI is InChI=1S/C15H11Br2FO2/c16-13-6-5-10(18)7-9(13)8-12(15(19)20)11-3-1-2-4-14(11)17/h1-7,12H,8H2,(H,19,20). The summed E-state index contributed by atoms with van der Waals surface area (Å²) in [7, 11) is 0. The zero-order chi connectivity index (χ0) is 14.7. The molecular weight excluding hydrogens is 391 g/mol. The van der Waals surface area contributed by atoms with Crippen molar-refractivity contribution in [1.82, 2.24) is 0 Å². The van der Waals surface area contributed by atoms with Gasteiger partial charge < -0.3 is 5.11 Å². The minimum atomic E-state index is -0.937. The van der Waals surface area contributed by atoms with Crippen molar-refractivity contribution in [3.8, 4) is 0 Å². The highest BCUT2D eigenvalue weighted by Crippen LogP contribution is 2.30. The summed E-state index contributed by atoms with van der Waals surface area (Å²) < 4.78 is 14.7. The third-order valence-corrected chi connectivity index (χ3v) is 4.51. The summed E-state index contributed by atoms with van der Waals surface area (Å²) in [4.78, 5) is 11.5. The van der Waals surface area contributed by atoms with E-state index in [1.54, 1.807) is 24.3 Å². The summed E-state index contributed by atoms with van der Waals surface area (Å²) in [5.74, 6) is -2.05. The summed E-state index contributed by atoms with van der Waals surface area (Å²) in [6.45, 7) is 0. The van der Waals surface area contributed by atoms with Crippen molar-refractivity contribution in [3.05, 3.63) is 68.4 Å². The third kappa shape index (κ3) is 3.46. The number of carboxylic acid groups (broad SMARTS) is 1. The van der Waals surface area contributed by atoms with E-state index in [1.807, 2.05) is 6.07 Å². The molecule has 2 aromatic rings. The van der Waals surface area contributed by atoms with Gasteiger partial charge in [-0.2, -0.15) is 0 Å². The van der Waals surface area contributed by atoms with Gasteiger partial charge in [0.15, 0.2) is 0 Å². The molecule has 1 unspecified atom stereocenters. The van der Waals surface area contributed by atoms with E-state index in [4.69, 9.17) is 0 Å². The molecule has 1 atom stereocenters. The van der Waals surface area contributed by atoms with Crippen molar-refractivity contribution in [2.24, 2.45) is 0 Å². The molecule has 0 spiro atoms. The molecule has 20 heavy (non-hydrogen) atoms. The molecule has 0 saturated carbocycles. The molecule has 0 amide bonds. The Labute approximate surface area is 132 Å². The van der Waals surface area contributed by atoms with Crippen LogP contribution in [0.4, 0.5) is 4.39 Å². The van der Waals surface area contributed by atoms with Crippen LogP contribution >= 0.6 is 31.9 Å². The van der Waals surface area contributed by atoms with Crippen LogP contribution in [0.2, 0.25) is 0 Å². The van der Waals surface area contributed by atoms with Crippen molar-refractivity contribution >= 4 is 37.8 Å². The molecular formula is C15H11Br2FO2. The van der Waals surface area contributed by atoms with Crippen molar-refractivity contribution < 1.29 is 14.3 Å². The van der Waals surface area contributed by atoms with Gasteiger partial charge in [-0.25, -0.2) is 4.39 Å². The minimum Gasteiger partial charge on any atom is -0.481 e. The van der Waals surface area contributed by atoms with Crippen molar-refractivity contribution in [2.75, 3.05) is 0 Å². The van der Waals surface area contributed by atoms with Crippen LogP contribution in [-0.2, 0) is 11.2 Å². The van der Waals surface area contributed by atoms with Crippen LogP contribution in [0.15, 0.2) is 51.4 Å². The van der Waals surface area contributed by atoms with Crippen LogP contribution < -0.4 is 0 Å². The second-order valence-electron chi connectivity index (χ2n) is 4.35. The Kier molecular flexibility index (Phi) is 4.94. The second kappa shape index (κ2) is 6.50. The van der Waals surface area contributed by atoms with Crippen LogP contribution in [-0.4, -0.2) is 11.1 Å². The van der Waals surface area contributed by atoms with E-state index < -0.39 is 11.9 Å². The topological polar surface area (TPSA) is 37.3 Å². The average molecular weight is 402 g/mol. The lowest BCUT2D eigenvalue weighted by Crippen LogP contribution is -2.15. The average Bonchev–Trinajstić information content (AvgIpc) is 2.40. The molecule has 0 aliphatic heterocycles. The van der Waals surface area contributed by atoms with E-state index >= 15 is 0 Å². The molecule has 0 saturated heterocycles. The van der Waals surface area contributed by atoms with Gasteiger partial charge in [-0.05, 0) is 41.8 Å². The molecule has 0 fully saturated rings. The fraction of sp³-hybridized carbons (Fsp3) is 0.133. The quantitative estimate of drug-likeness (QED) is 0.801. The molecule has 0 aromatic heterocycles. The Morgan fingerprint density at radius 1 is 1.15 bits per heavy atom. The zero-order valence-corrected chi connectivity index (χ0v) is 13.5. The third-order valence-electron chi connectivity index (χ3n) is 3.01. The second-order valence-corrected chi connectivity index (χ2v) is 6.06. The van der Waals surface area contributed by atoms with E-state index in [0.29, 0.717) is 15.6 Å². The molecule has 104 valence electrons. The first-order valence-electron chi connectivity index (χ1n) is 5.90. The number of rotatable bonds is 4. The Bertz CT molecular complexity index is 644. The van der Waals surface area contributed by atoms with Crippen LogP contribution in [0.1, 0.15) is 17.0 Å². The maximum absolute atomic E-state index is 13.3. The molecule has 2 nitrogen and oxygen atoms in total. The Hall–Kier alpha value is -1.20. The first-order valence-corrected chi connectivity index (χ1v) is 7.49. The van der Waals surface area contributed by atoms with E-state index in [9.17, 15) is 14.3 Å². The highest BCUT2D eigenvalue weighted by atomic mass is 79.9. The number of carboxylic acids is 1. The lowest BCUT2D eigenvalue weighted by molar-refractivity contribution is -0.138. The Balaban J connectivity index is 2.38. The lowest BCUT2D eigenvalue weighted by atomic mass is 9.92. The minimum absolute atomic E-state index is 0.219. The lowest BCUT2D eigenvalue weighted by Gasteiger charge is -2.15. The van der Waals surface area contributed by atoms with Gasteiger partial charge in [-0.15, -0.1) is 0 Å². The summed E-state index contributed by atoms with van der Waals surface area (Å²) >= 11 is 6.69. The Morgan fingerprint density at radius 2 is 1.85 bits per heavy atom. The number of aliphatic carboxylic acids is 1. The normalized spacial score (nSPS) is 12.2. The first kappa shape index (κ1) is 15.2. The Morgan fingerprint density at radius 3 is 2.50 bits per heavy atom. The van der Waals surface area contributed by atoms with E-state index in [0.717, 1.165) is 4.47 Å². The van der Waals surface area contributed by atoms with Gasteiger partial charge in [0, 0.05) is 8.95 Å². The molecule has 0 aliphatic carbocycles. The number of benzene rings is 2. The van der Waals surface area contributed by atoms with Gasteiger partial charge in [0.05, 0.1) is 5.92 Å². The van der Waals surface area contributed by atoms with Gasteiger partial charge >= 0.3 is 5.97 Å². The molecule has 1 N–H and O–H groups in total. The smallest absolute Gasteiger partial charge is 0.311 e. The number of hydrogen-bond donors (Lipinski definition) is 1. The molecule has 2 aromatic carbocycles. The highest BCUT2D eigenvalue weighted by Gasteiger charge is 2.23. The van der Waals surface area contributed by atoms with Gasteiger partial charge in [0.2, 0.25) is 0 Å². The largest absolute Gasteiger partial charge is 0.481 e. The van der Waals surface area contributed by atoms with Crippen LogP contribution in [0, 0.1) is 5.82 Å². The van der Waals surface area contributed by atoms with Crippen LogP contribution in [0.5, 0.6) is 0 Å². The summed E-state index contributed by atoms with van der Waals surface area (Å²) in [6.07, 6.45) is 0.219. The van der Waals surface area contributed by atoms with Crippen LogP contribution in [0.3, 0.4) is 0 Å². The molecule has 2 rings (SSSR count). The fourth-order valence-corrected chi connectivity index (χ4v) is 2.98. The molecule has 5 heteroatoms. The van der Waals surface area contributed by atoms with Crippen molar-refractivity contribution in [2.45, 2.75) is 12.3 Å². The molecule has 0 heterocycles. The SMILES string of the molecule is O=C(O)C(Cc1cc(F)ccc1Br)c1ccccc1Br. The van der Waals surface area contributed by atoms with Crippen LogP contribution in [0.25, 0.3) is 0 Å². The number of carbonyl (C=O) groups is 1. The maximum Gasteiger partial charge on any atom is 0.311 e. The van der Waals surface area contributed by atoms with E-state index in [-0.39, 0.29) is 12.2 Å². The van der Waals surface area contributed by atoms with Crippen molar-refractivity contribution in [3.63, 3.8) is 0 Å². The van der Waals surface area contributed by atoms with Crippen molar-refractivity contribution in [1.29, 1.82) is 0 Å². The summed E-state index contributed by atoms with van der Waals surface area (Å²) in [5, 5.41) is 9.44. The molecule has 0 radical (unpaired) electrons.